The van der Waals surface area contributed by atoms with Crippen molar-refractivity contribution in [1.29, 1.82) is 0 Å². The quantitative estimate of drug-likeness (QED) is 0.753. The Hall–Kier alpha value is -3.58. The molecule has 1 aromatic carbocycles. The Balaban J connectivity index is 1.70. The molecular weight excluding hydrogens is 396 g/mol. The average molecular weight is 413 g/mol. The molecule has 0 spiro atoms. The maximum atomic E-state index is 15.5. The molecule has 4 rings (SSSR count). The zero-order valence-electron chi connectivity index (χ0n) is 15.9. The van der Waals surface area contributed by atoms with Crippen LogP contribution >= 0.6 is 0 Å². The summed E-state index contributed by atoms with van der Waals surface area (Å²) in [5.41, 5.74) is 2.87. The molecule has 0 aliphatic carbocycles. The van der Waals surface area contributed by atoms with Crippen LogP contribution in [-0.4, -0.2) is 42.4 Å². The maximum absolute atomic E-state index is 15.5. The highest BCUT2D eigenvalue weighted by Gasteiger charge is 2.62. The van der Waals surface area contributed by atoms with Gasteiger partial charge in [0.15, 0.2) is 11.2 Å². The predicted molar refractivity (Wildman–Crippen MR) is 103 cm³/mol. The lowest BCUT2D eigenvalue weighted by molar-refractivity contribution is 0.00905. The number of benzene rings is 1. The van der Waals surface area contributed by atoms with Gasteiger partial charge in [-0.2, -0.15) is 0 Å². The number of carbonyl (C=O) groups is 1. The number of carbonyl (C=O) groups excluding carboxylic acids is 1. The number of nitrogens with two attached hydrogens (primary N) is 1. The molecule has 1 amide bonds. The third-order valence-corrected chi connectivity index (χ3v) is 5.21. The van der Waals surface area contributed by atoms with Crippen LogP contribution in [0, 0.1) is 19.3 Å². The van der Waals surface area contributed by atoms with E-state index in [2.05, 4.69) is 20.1 Å². The first-order valence-corrected chi connectivity index (χ1v) is 8.98. The molecular formula is C20H17F2N5O3. The van der Waals surface area contributed by atoms with Crippen molar-refractivity contribution >= 4 is 23.3 Å². The van der Waals surface area contributed by atoms with Gasteiger partial charge in [0.25, 0.3) is 11.9 Å². The Labute approximate surface area is 170 Å². The van der Waals surface area contributed by atoms with Crippen molar-refractivity contribution in [3.8, 4) is 0 Å². The van der Waals surface area contributed by atoms with Crippen molar-refractivity contribution in [2.75, 3.05) is 25.1 Å². The number of nitrogens with one attached hydrogen (secondary N) is 1. The number of rotatable bonds is 3. The molecule has 1 saturated heterocycles. The number of amidine groups is 1. The number of halogens is 2. The molecule has 0 saturated carbocycles. The Morgan fingerprint density at radius 2 is 2.13 bits per heavy atom. The highest BCUT2D eigenvalue weighted by atomic mass is 19.1. The zero-order chi connectivity index (χ0) is 21.5. The van der Waals surface area contributed by atoms with Crippen molar-refractivity contribution in [3.63, 3.8) is 0 Å². The second-order valence-corrected chi connectivity index (χ2v) is 7.18. The van der Waals surface area contributed by atoms with E-state index in [1.165, 1.54) is 24.4 Å². The molecule has 2 atom stereocenters. The highest BCUT2D eigenvalue weighted by Crippen LogP contribution is 2.48. The van der Waals surface area contributed by atoms with Crippen molar-refractivity contribution < 1.29 is 23.0 Å². The van der Waals surface area contributed by atoms with E-state index in [1.807, 2.05) is 0 Å². The third kappa shape index (κ3) is 3.04. The Morgan fingerprint density at radius 1 is 1.33 bits per heavy atom. The molecule has 10 heteroatoms. The standard InChI is InChI=1S/C20H17F2N5O3/c1-11-5-13(24-2)7-25-16(11)17(28)26-12-3-4-15(21)14(6-12)20-10-29-8-19(20,22)9-30-18(23)27-20/h3-7H,8-10H2,1H3,(H2,23,27)(H,26,28)/t19-,20-/m1/s1. The summed E-state index contributed by atoms with van der Waals surface area (Å²) >= 11 is 0. The van der Waals surface area contributed by atoms with Gasteiger partial charge in [-0.25, -0.2) is 18.6 Å². The van der Waals surface area contributed by atoms with Crippen LogP contribution in [-0.2, 0) is 15.0 Å². The molecule has 154 valence electrons. The average Bonchev–Trinajstić information content (AvgIpc) is 3.06. The number of anilines is 1. The first-order chi connectivity index (χ1) is 14.3. The van der Waals surface area contributed by atoms with E-state index in [9.17, 15) is 9.18 Å². The number of nitrogens with zero attached hydrogens (tertiary/aromatic N) is 3. The van der Waals surface area contributed by atoms with Gasteiger partial charge >= 0.3 is 0 Å². The molecule has 2 aromatic rings. The van der Waals surface area contributed by atoms with Gasteiger partial charge in [0.2, 0.25) is 5.69 Å². The molecule has 3 heterocycles. The summed E-state index contributed by atoms with van der Waals surface area (Å²) in [7, 11) is 0. The number of aromatic nitrogens is 1. The Kier molecular flexibility index (Phi) is 4.63. The Morgan fingerprint density at radius 3 is 2.87 bits per heavy atom. The van der Waals surface area contributed by atoms with E-state index < -0.39 is 29.5 Å². The molecule has 1 fully saturated rings. The predicted octanol–water partition coefficient (Wildman–Crippen LogP) is 2.61. The normalized spacial score (nSPS) is 24.9. The van der Waals surface area contributed by atoms with Gasteiger partial charge in [0.1, 0.15) is 18.1 Å². The fourth-order valence-electron chi connectivity index (χ4n) is 3.66. The van der Waals surface area contributed by atoms with Gasteiger partial charge in [-0.3, -0.25) is 9.78 Å². The van der Waals surface area contributed by atoms with E-state index >= 15 is 4.39 Å². The lowest BCUT2D eigenvalue weighted by atomic mass is 9.78. The van der Waals surface area contributed by atoms with Crippen LogP contribution in [0.1, 0.15) is 21.6 Å². The molecule has 2 aliphatic rings. The number of ether oxygens (including phenoxy) is 2. The van der Waals surface area contributed by atoms with Gasteiger partial charge in [0, 0.05) is 17.4 Å². The zero-order valence-corrected chi connectivity index (χ0v) is 15.9. The van der Waals surface area contributed by atoms with E-state index in [4.69, 9.17) is 21.8 Å². The van der Waals surface area contributed by atoms with Crippen molar-refractivity contribution in [1.82, 2.24) is 4.98 Å². The van der Waals surface area contributed by atoms with Gasteiger partial charge in [-0.15, -0.1) is 0 Å². The largest absolute Gasteiger partial charge is 0.462 e. The van der Waals surface area contributed by atoms with Crippen LogP contribution in [0.2, 0.25) is 0 Å². The summed E-state index contributed by atoms with van der Waals surface area (Å²) in [4.78, 5) is 24.0. The molecule has 3 N–H and O–H groups in total. The van der Waals surface area contributed by atoms with E-state index in [-0.39, 0.29) is 36.2 Å². The van der Waals surface area contributed by atoms with Crippen LogP contribution in [0.25, 0.3) is 4.85 Å². The van der Waals surface area contributed by atoms with E-state index in [1.54, 1.807) is 6.92 Å². The fourth-order valence-corrected chi connectivity index (χ4v) is 3.66. The van der Waals surface area contributed by atoms with Crippen molar-refractivity contribution in [2.45, 2.75) is 18.1 Å². The molecule has 1 aromatic heterocycles. The number of hydrogen-bond donors (Lipinski definition) is 2. The summed E-state index contributed by atoms with van der Waals surface area (Å²) in [6.45, 7) is 7.69. The monoisotopic (exact) mass is 413 g/mol. The summed E-state index contributed by atoms with van der Waals surface area (Å²) in [5.74, 6) is -1.27. The highest BCUT2D eigenvalue weighted by molar-refractivity contribution is 6.04. The Bertz CT molecular complexity index is 1120. The van der Waals surface area contributed by atoms with Gasteiger partial charge < -0.3 is 20.5 Å². The minimum atomic E-state index is -2.10. The first-order valence-electron chi connectivity index (χ1n) is 8.98. The van der Waals surface area contributed by atoms with E-state index in [0.717, 1.165) is 6.07 Å². The lowest BCUT2D eigenvalue weighted by Crippen LogP contribution is -2.55. The topological polar surface area (TPSA) is 103 Å². The molecule has 8 nitrogen and oxygen atoms in total. The third-order valence-electron chi connectivity index (χ3n) is 5.21. The summed E-state index contributed by atoms with van der Waals surface area (Å²) in [6, 6.07) is 5.04. The van der Waals surface area contributed by atoms with Gasteiger partial charge in [-0.1, -0.05) is 0 Å². The van der Waals surface area contributed by atoms with Crippen LogP contribution in [0.5, 0.6) is 0 Å². The molecule has 0 unspecified atom stereocenters. The number of aliphatic imine (C=N–C) groups is 1. The van der Waals surface area contributed by atoms with E-state index in [0.29, 0.717) is 11.3 Å². The van der Waals surface area contributed by atoms with Crippen LogP contribution in [0.3, 0.4) is 0 Å². The van der Waals surface area contributed by atoms with Crippen LogP contribution in [0.4, 0.5) is 20.2 Å². The van der Waals surface area contributed by atoms with Gasteiger partial charge in [-0.05, 0) is 36.8 Å². The minimum absolute atomic E-state index is 0.0976. The number of pyridine rings is 1. The van der Waals surface area contributed by atoms with Crippen LogP contribution in [0.15, 0.2) is 35.5 Å². The number of alkyl halides is 1. The maximum Gasteiger partial charge on any atom is 0.283 e. The smallest absolute Gasteiger partial charge is 0.283 e. The molecule has 30 heavy (non-hydrogen) atoms. The second-order valence-electron chi connectivity index (χ2n) is 7.18. The molecule has 0 radical (unpaired) electrons. The number of aryl methyl sites for hydroxylation is 1. The first kappa shape index (κ1) is 19.7. The summed E-state index contributed by atoms with van der Waals surface area (Å²) in [6.07, 6.45) is 1.29. The summed E-state index contributed by atoms with van der Waals surface area (Å²) < 4.78 is 40.6. The number of amides is 1. The lowest BCUT2D eigenvalue weighted by Gasteiger charge is -2.38. The SMILES string of the molecule is [C-]#[N+]c1cnc(C(=O)Nc2ccc(F)c([C@]34COC[C@@]3(F)COC(N)=N4)c2)c(C)c1. The molecule has 0 bridgehead atoms. The number of fused-ring (bicyclic) bond motifs is 1. The fraction of sp³-hybridized carbons (Fsp3) is 0.300. The minimum Gasteiger partial charge on any atom is -0.462 e. The summed E-state index contributed by atoms with van der Waals surface area (Å²) in [5, 5.41) is 2.62. The second kappa shape index (κ2) is 7.03. The van der Waals surface area contributed by atoms with Crippen molar-refractivity contribution in [3.05, 3.63) is 64.5 Å². The van der Waals surface area contributed by atoms with Crippen molar-refractivity contribution in [2.24, 2.45) is 10.7 Å². The van der Waals surface area contributed by atoms with Gasteiger partial charge in [0.05, 0.1) is 19.8 Å². The van der Waals surface area contributed by atoms with Crippen LogP contribution < -0.4 is 11.1 Å². The molecule has 2 aliphatic heterocycles. The number of hydrogen-bond acceptors (Lipinski definition) is 6.